The zero-order valence-electron chi connectivity index (χ0n) is 17.6. The smallest absolute Gasteiger partial charge is 0.322 e. The average Bonchev–Trinajstić information content (AvgIpc) is 2.82. The molecule has 2 amide bonds. The highest BCUT2D eigenvalue weighted by molar-refractivity contribution is 5.89. The van der Waals surface area contributed by atoms with E-state index in [9.17, 15) is 13.6 Å². The number of rotatable bonds is 5. The fraction of sp³-hybridized carbons (Fsp3) is 0.261. The summed E-state index contributed by atoms with van der Waals surface area (Å²) in [6.45, 7) is 4.57. The van der Waals surface area contributed by atoms with Gasteiger partial charge in [-0.1, -0.05) is 0 Å². The Kier molecular flexibility index (Phi) is 6.44. The van der Waals surface area contributed by atoms with Crippen LogP contribution in [0.25, 0.3) is 11.3 Å². The van der Waals surface area contributed by atoms with Gasteiger partial charge in [-0.25, -0.2) is 13.6 Å². The number of amides is 2. The average molecular weight is 439 g/mol. The Balaban J connectivity index is 1.33. The molecule has 0 spiro atoms. The molecule has 2 heterocycles. The van der Waals surface area contributed by atoms with Gasteiger partial charge in [0.2, 0.25) is 0 Å². The molecule has 7 nitrogen and oxygen atoms in total. The number of hydrogen-bond donors (Lipinski definition) is 1. The highest BCUT2D eigenvalue weighted by Crippen LogP contribution is 2.22. The van der Waals surface area contributed by atoms with Gasteiger partial charge in [-0.15, -0.1) is 10.2 Å². The van der Waals surface area contributed by atoms with E-state index >= 15 is 0 Å². The highest BCUT2D eigenvalue weighted by atomic mass is 19.1. The molecule has 0 saturated carbocycles. The van der Waals surface area contributed by atoms with Crippen molar-refractivity contribution in [2.24, 2.45) is 0 Å². The monoisotopic (exact) mass is 439 g/mol. The van der Waals surface area contributed by atoms with E-state index in [1.165, 1.54) is 6.07 Å². The molecule has 166 valence electrons. The molecule has 0 unspecified atom stereocenters. The fourth-order valence-corrected chi connectivity index (χ4v) is 3.46. The van der Waals surface area contributed by atoms with Crippen molar-refractivity contribution in [3.63, 3.8) is 0 Å². The number of carbonyl (C=O) groups excluding carboxylic acids is 1. The molecule has 0 bridgehead atoms. The first-order valence-electron chi connectivity index (χ1n) is 10.4. The predicted octanol–water partition coefficient (Wildman–Crippen LogP) is 4.17. The van der Waals surface area contributed by atoms with Gasteiger partial charge >= 0.3 is 6.03 Å². The molecule has 1 aliphatic rings. The summed E-state index contributed by atoms with van der Waals surface area (Å²) in [5.74, 6) is 0.0397. The van der Waals surface area contributed by atoms with E-state index in [2.05, 4.69) is 15.5 Å². The molecule has 0 aliphatic carbocycles. The molecule has 9 heteroatoms. The van der Waals surface area contributed by atoms with Gasteiger partial charge in [0.05, 0.1) is 18.0 Å². The second kappa shape index (κ2) is 9.59. The Hall–Kier alpha value is -3.75. The second-order valence-electron chi connectivity index (χ2n) is 7.26. The van der Waals surface area contributed by atoms with Crippen LogP contribution in [-0.2, 0) is 0 Å². The number of aromatic nitrogens is 2. The quantitative estimate of drug-likeness (QED) is 0.646. The van der Waals surface area contributed by atoms with Gasteiger partial charge in [-0.2, -0.15) is 0 Å². The van der Waals surface area contributed by atoms with E-state index < -0.39 is 17.7 Å². The summed E-state index contributed by atoms with van der Waals surface area (Å²) in [6, 6.07) is 14.1. The van der Waals surface area contributed by atoms with Gasteiger partial charge in [-0.05, 0) is 55.5 Å². The summed E-state index contributed by atoms with van der Waals surface area (Å²) in [5, 5.41) is 11.2. The highest BCUT2D eigenvalue weighted by Gasteiger charge is 2.23. The van der Waals surface area contributed by atoms with E-state index in [1.54, 1.807) is 4.90 Å². The number of hydrogen-bond acceptors (Lipinski definition) is 5. The number of piperazine rings is 1. The molecule has 1 fully saturated rings. The van der Waals surface area contributed by atoms with E-state index in [1.807, 2.05) is 48.2 Å². The van der Waals surface area contributed by atoms with Gasteiger partial charge in [-0.3, -0.25) is 0 Å². The Labute approximate surface area is 184 Å². The van der Waals surface area contributed by atoms with E-state index in [4.69, 9.17) is 4.74 Å². The first-order valence-corrected chi connectivity index (χ1v) is 10.4. The number of benzene rings is 2. The van der Waals surface area contributed by atoms with Crippen molar-refractivity contribution in [2.45, 2.75) is 6.92 Å². The van der Waals surface area contributed by atoms with Crippen LogP contribution >= 0.6 is 0 Å². The molecule has 2 aromatic carbocycles. The van der Waals surface area contributed by atoms with Crippen LogP contribution in [0.2, 0.25) is 0 Å². The number of carbonyl (C=O) groups is 1. The lowest BCUT2D eigenvalue weighted by atomic mass is 10.1. The minimum atomic E-state index is -0.806. The van der Waals surface area contributed by atoms with Crippen LogP contribution in [0.3, 0.4) is 0 Å². The standard InChI is InChI=1S/C23H23F2N5O2/c1-2-32-18-6-3-16(4-7-18)20-9-10-22(28-27-20)29-11-13-30(14-12-29)23(31)26-21-8-5-17(24)15-19(21)25/h3-10,15H,2,11-14H2,1H3,(H,26,31). The second-order valence-corrected chi connectivity index (χ2v) is 7.26. The third kappa shape index (κ3) is 4.93. The lowest BCUT2D eigenvalue weighted by Gasteiger charge is -2.35. The molecular formula is C23H23F2N5O2. The number of nitrogens with zero attached hydrogens (tertiary/aromatic N) is 4. The van der Waals surface area contributed by atoms with Crippen LogP contribution in [0.15, 0.2) is 54.6 Å². The first kappa shape index (κ1) is 21.5. The van der Waals surface area contributed by atoms with Gasteiger partial charge in [0, 0.05) is 37.8 Å². The van der Waals surface area contributed by atoms with Crippen LogP contribution in [-0.4, -0.2) is 53.9 Å². The van der Waals surface area contributed by atoms with Crippen molar-refractivity contribution in [1.82, 2.24) is 15.1 Å². The maximum atomic E-state index is 13.8. The van der Waals surface area contributed by atoms with Crippen LogP contribution in [0.5, 0.6) is 5.75 Å². The Morgan fingerprint density at radius 1 is 1.00 bits per heavy atom. The van der Waals surface area contributed by atoms with Crippen molar-refractivity contribution in [3.05, 3.63) is 66.2 Å². The fourth-order valence-electron chi connectivity index (χ4n) is 3.46. The van der Waals surface area contributed by atoms with Crippen molar-refractivity contribution < 1.29 is 18.3 Å². The van der Waals surface area contributed by atoms with Crippen molar-refractivity contribution in [2.75, 3.05) is 43.0 Å². The molecule has 1 saturated heterocycles. The van der Waals surface area contributed by atoms with Gasteiger partial charge in [0.1, 0.15) is 17.4 Å². The van der Waals surface area contributed by atoms with E-state index in [-0.39, 0.29) is 5.69 Å². The maximum absolute atomic E-state index is 13.8. The summed E-state index contributed by atoms with van der Waals surface area (Å²) < 4.78 is 32.2. The van der Waals surface area contributed by atoms with Gasteiger partial charge in [0.15, 0.2) is 5.82 Å². The SMILES string of the molecule is CCOc1ccc(-c2ccc(N3CCN(C(=O)Nc4ccc(F)cc4F)CC3)nn2)cc1. The number of ether oxygens (including phenoxy) is 1. The van der Waals surface area contributed by atoms with Crippen LogP contribution in [0, 0.1) is 11.6 Å². The van der Waals surface area contributed by atoms with E-state index in [0.29, 0.717) is 32.8 Å². The molecule has 32 heavy (non-hydrogen) atoms. The Morgan fingerprint density at radius 3 is 2.38 bits per heavy atom. The first-order chi connectivity index (χ1) is 15.5. The summed E-state index contributed by atoms with van der Waals surface area (Å²) in [5.41, 5.74) is 1.66. The molecule has 1 N–H and O–H groups in total. The normalized spacial score (nSPS) is 13.7. The molecule has 0 atom stereocenters. The number of nitrogens with one attached hydrogen (secondary N) is 1. The number of anilines is 2. The zero-order valence-corrected chi connectivity index (χ0v) is 17.6. The largest absolute Gasteiger partial charge is 0.494 e. The lowest BCUT2D eigenvalue weighted by Crippen LogP contribution is -2.50. The zero-order chi connectivity index (χ0) is 22.5. The van der Waals surface area contributed by atoms with E-state index in [0.717, 1.165) is 35.0 Å². The molecule has 1 aromatic heterocycles. The topological polar surface area (TPSA) is 70.6 Å². The van der Waals surface area contributed by atoms with Crippen LogP contribution in [0.1, 0.15) is 6.92 Å². The maximum Gasteiger partial charge on any atom is 0.322 e. The summed E-state index contributed by atoms with van der Waals surface area (Å²) in [7, 11) is 0. The van der Waals surface area contributed by atoms with Crippen molar-refractivity contribution in [1.29, 1.82) is 0 Å². The van der Waals surface area contributed by atoms with Crippen LogP contribution in [0.4, 0.5) is 25.1 Å². The number of urea groups is 1. The van der Waals surface area contributed by atoms with Crippen LogP contribution < -0.4 is 15.0 Å². The minimum absolute atomic E-state index is 0.0467. The molecule has 1 aliphatic heterocycles. The summed E-state index contributed by atoms with van der Waals surface area (Å²) in [6.07, 6.45) is 0. The third-order valence-electron chi connectivity index (χ3n) is 5.18. The minimum Gasteiger partial charge on any atom is -0.494 e. The van der Waals surface area contributed by atoms with Crippen molar-refractivity contribution in [3.8, 4) is 17.0 Å². The number of halogens is 2. The predicted molar refractivity (Wildman–Crippen MR) is 118 cm³/mol. The molecule has 4 rings (SSSR count). The summed E-state index contributed by atoms with van der Waals surface area (Å²) in [4.78, 5) is 16.0. The van der Waals surface area contributed by atoms with Gasteiger partial charge < -0.3 is 19.9 Å². The lowest BCUT2D eigenvalue weighted by molar-refractivity contribution is 0.208. The molecule has 0 radical (unpaired) electrons. The Morgan fingerprint density at radius 2 is 1.75 bits per heavy atom. The van der Waals surface area contributed by atoms with Gasteiger partial charge in [0.25, 0.3) is 0 Å². The molecular weight excluding hydrogens is 416 g/mol. The Bertz CT molecular complexity index is 1070. The molecule has 3 aromatic rings. The summed E-state index contributed by atoms with van der Waals surface area (Å²) >= 11 is 0. The third-order valence-corrected chi connectivity index (χ3v) is 5.18. The van der Waals surface area contributed by atoms with Crippen molar-refractivity contribution >= 4 is 17.5 Å².